The number of piperidine rings is 1. The summed E-state index contributed by atoms with van der Waals surface area (Å²) in [6, 6.07) is 0.356. The lowest BCUT2D eigenvalue weighted by molar-refractivity contribution is -0.122. The maximum Gasteiger partial charge on any atom is 0.236 e. The van der Waals surface area contributed by atoms with E-state index < -0.39 is 0 Å². The van der Waals surface area contributed by atoms with Crippen molar-refractivity contribution >= 4 is 17.7 Å². The van der Waals surface area contributed by atoms with E-state index in [1.165, 1.54) is 25.8 Å². The van der Waals surface area contributed by atoms with Gasteiger partial charge in [-0.2, -0.15) is 11.8 Å². The lowest BCUT2D eigenvalue weighted by Gasteiger charge is -2.33. The zero-order valence-electron chi connectivity index (χ0n) is 12.4. The molecule has 112 valence electrons. The van der Waals surface area contributed by atoms with Crippen LogP contribution in [0.4, 0.5) is 0 Å². The summed E-state index contributed by atoms with van der Waals surface area (Å²) in [5.41, 5.74) is 5.81. The number of carbonyl (C=O) groups excluding carboxylic acids is 1. The summed E-state index contributed by atoms with van der Waals surface area (Å²) in [6.07, 6.45) is 7.80. The summed E-state index contributed by atoms with van der Waals surface area (Å²) in [5.74, 6) is 0.945. The van der Waals surface area contributed by atoms with Crippen molar-refractivity contribution in [2.75, 3.05) is 31.6 Å². The van der Waals surface area contributed by atoms with Crippen molar-refractivity contribution in [1.82, 2.24) is 10.2 Å². The molecule has 4 nitrogen and oxygen atoms in total. The molecule has 0 aromatic rings. The molecule has 1 aliphatic heterocycles. The van der Waals surface area contributed by atoms with Crippen LogP contribution < -0.4 is 11.1 Å². The van der Waals surface area contributed by atoms with Crippen LogP contribution in [0.25, 0.3) is 0 Å². The molecular weight excluding hydrogens is 258 g/mol. The number of nitrogens with two attached hydrogens (primary N) is 1. The predicted octanol–water partition coefficient (Wildman–Crippen LogP) is 1.45. The van der Waals surface area contributed by atoms with Crippen LogP contribution in [0.5, 0.6) is 0 Å². The van der Waals surface area contributed by atoms with Gasteiger partial charge < -0.3 is 16.0 Å². The Morgan fingerprint density at radius 1 is 1.53 bits per heavy atom. The van der Waals surface area contributed by atoms with Crippen molar-refractivity contribution in [3.63, 3.8) is 0 Å². The van der Waals surface area contributed by atoms with Crippen LogP contribution in [0, 0.1) is 0 Å². The van der Waals surface area contributed by atoms with E-state index in [1.807, 2.05) is 6.26 Å². The van der Waals surface area contributed by atoms with Crippen LogP contribution in [0.3, 0.4) is 0 Å². The molecule has 1 heterocycles. The highest BCUT2D eigenvalue weighted by atomic mass is 32.2. The number of hydrogen-bond donors (Lipinski definition) is 2. The molecule has 1 fully saturated rings. The van der Waals surface area contributed by atoms with Gasteiger partial charge in [-0.15, -0.1) is 0 Å². The van der Waals surface area contributed by atoms with Gasteiger partial charge in [0.15, 0.2) is 0 Å². The minimum atomic E-state index is -0.346. The normalized spacial score (nSPS) is 22.2. The first-order chi connectivity index (χ1) is 9.15. The maximum atomic E-state index is 11.7. The molecular formula is C14H29N3OS. The van der Waals surface area contributed by atoms with Gasteiger partial charge in [0.1, 0.15) is 0 Å². The van der Waals surface area contributed by atoms with Crippen molar-refractivity contribution in [2.45, 2.75) is 51.1 Å². The number of likely N-dealkylation sites (tertiary alicyclic amines) is 1. The molecule has 1 amide bonds. The third-order valence-electron chi connectivity index (χ3n) is 3.83. The first kappa shape index (κ1) is 16.8. The van der Waals surface area contributed by atoms with Gasteiger partial charge in [-0.3, -0.25) is 4.79 Å². The van der Waals surface area contributed by atoms with Crippen LogP contribution >= 0.6 is 11.8 Å². The largest absolute Gasteiger partial charge is 0.355 e. The average Bonchev–Trinajstić information content (AvgIpc) is 2.42. The monoisotopic (exact) mass is 287 g/mol. The quantitative estimate of drug-likeness (QED) is 0.663. The zero-order valence-corrected chi connectivity index (χ0v) is 13.2. The Hall–Kier alpha value is -0.260. The minimum Gasteiger partial charge on any atom is -0.355 e. The zero-order chi connectivity index (χ0) is 14.1. The van der Waals surface area contributed by atoms with E-state index in [4.69, 9.17) is 5.73 Å². The Morgan fingerprint density at radius 3 is 3.00 bits per heavy atom. The summed E-state index contributed by atoms with van der Waals surface area (Å²) in [6.45, 7) is 5.34. The van der Waals surface area contributed by atoms with Gasteiger partial charge in [0, 0.05) is 19.1 Å². The molecule has 0 bridgehead atoms. The topological polar surface area (TPSA) is 58.4 Å². The molecule has 3 N–H and O–H groups in total. The molecule has 2 atom stereocenters. The number of carbonyl (C=O) groups is 1. The van der Waals surface area contributed by atoms with Crippen LogP contribution in [-0.2, 0) is 4.79 Å². The molecule has 1 unspecified atom stereocenters. The SMILES string of the molecule is CSCC[C@@H](N)C(=O)NCCCN1CCCCC1C. The van der Waals surface area contributed by atoms with Crippen molar-refractivity contribution < 1.29 is 4.79 Å². The second kappa shape index (κ2) is 9.61. The Kier molecular flexibility index (Phi) is 8.50. The molecule has 1 saturated heterocycles. The first-order valence-corrected chi connectivity index (χ1v) is 8.80. The van der Waals surface area contributed by atoms with Crippen LogP contribution in [0.1, 0.15) is 39.0 Å². The van der Waals surface area contributed by atoms with E-state index in [0.717, 1.165) is 31.7 Å². The Bertz CT molecular complexity index is 263. The molecule has 19 heavy (non-hydrogen) atoms. The first-order valence-electron chi connectivity index (χ1n) is 7.41. The lowest BCUT2D eigenvalue weighted by Crippen LogP contribution is -2.43. The fourth-order valence-electron chi connectivity index (χ4n) is 2.49. The highest BCUT2D eigenvalue weighted by Gasteiger charge is 2.17. The van der Waals surface area contributed by atoms with E-state index in [-0.39, 0.29) is 11.9 Å². The van der Waals surface area contributed by atoms with Crippen LogP contribution in [0.2, 0.25) is 0 Å². The number of nitrogens with one attached hydrogen (secondary N) is 1. The fraction of sp³-hybridized carbons (Fsp3) is 0.929. The van der Waals surface area contributed by atoms with E-state index in [0.29, 0.717) is 6.04 Å². The Labute approximate surface area is 121 Å². The smallest absolute Gasteiger partial charge is 0.236 e. The van der Waals surface area contributed by atoms with Gasteiger partial charge in [-0.25, -0.2) is 0 Å². The van der Waals surface area contributed by atoms with Gasteiger partial charge >= 0.3 is 0 Å². The Balaban J connectivity index is 2.07. The number of rotatable bonds is 8. The molecule has 5 heteroatoms. The molecule has 1 aliphatic rings. The van der Waals surface area contributed by atoms with Gasteiger partial charge in [0.2, 0.25) is 5.91 Å². The third-order valence-corrected chi connectivity index (χ3v) is 4.48. The minimum absolute atomic E-state index is 0.000688. The van der Waals surface area contributed by atoms with Crippen molar-refractivity contribution in [3.05, 3.63) is 0 Å². The van der Waals surface area contributed by atoms with Gasteiger partial charge in [-0.1, -0.05) is 6.42 Å². The number of nitrogens with zero attached hydrogens (tertiary/aromatic N) is 1. The number of amides is 1. The summed E-state index contributed by atoms with van der Waals surface area (Å²) >= 11 is 1.73. The van der Waals surface area contributed by atoms with Crippen LogP contribution in [0.15, 0.2) is 0 Å². The van der Waals surface area contributed by atoms with E-state index in [9.17, 15) is 4.79 Å². The van der Waals surface area contributed by atoms with Crippen LogP contribution in [-0.4, -0.2) is 54.5 Å². The molecule has 0 aliphatic carbocycles. The fourth-order valence-corrected chi connectivity index (χ4v) is 2.98. The molecule has 0 spiro atoms. The summed E-state index contributed by atoms with van der Waals surface area (Å²) in [7, 11) is 0. The maximum absolute atomic E-state index is 11.7. The predicted molar refractivity (Wildman–Crippen MR) is 83.5 cm³/mol. The summed E-state index contributed by atoms with van der Waals surface area (Å²) in [4.78, 5) is 14.2. The average molecular weight is 287 g/mol. The van der Waals surface area contributed by atoms with Crippen molar-refractivity contribution in [2.24, 2.45) is 5.73 Å². The van der Waals surface area contributed by atoms with E-state index >= 15 is 0 Å². The third kappa shape index (κ3) is 6.63. The highest BCUT2D eigenvalue weighted by molar-refractivity contribution is 7.98. The highest BCUT2D eigenvalue weighted by Crippen LogP contribution is 2.15. The molecule has 0 aromatic heterocycles. The van der Waals surface area contributed by atoms with E-state index in [2.05, 4.69) is 17.1 Å². The molecule has 0 radical (unpaired) electrons. The van der Waals surface area contributed by atoms with Gasteiger partial charge in [0.05, 0.1) is 6.04 Å². The number of hydrogen-bond acceptors (Lipinski definition) is 4. The van der Waals surface area contributed by atoms with Crippen molar-refractivity contribution in [3.8, 4) is 0 Å². The van der Waals surface area contributed by atoms with Gasteiger partial charge in [-0.05, 0) is 51.2 Å². The molecule has 1 rings (SSSR count). The molecule has 0 aromatic carbocycles. The van der Waals surface area contributed by atoms with E-state index in [1.54, 1.807) is 11.8 Å². The second-order valence-electron chi connectivity index (χ2n) is 5.41. The number of thioether (sulfide) groups is 1. The summed E-state index contributed by atoms with van der Waals surface area (Å²) in [5, 5.41) is 2.95. The second-order valence-corrected chi connectivity index (χ2v) is 6.40. The Morgan fingerprint density at radius 2 is 2.32 bits per heavy atom. The van der Waals surface area contributed by atoms with Gasteiger partial charge in [0.25, 0.3) is 0 Å². The van der Waals surface area contributed by atoms with Crippen molar-refractivity contribution in [1.29, 1.82) is 0 Å². The summed E-state index contributed by atoms with van der Waals surface area (Å²) < 4.78 is 0. The standard InChI is InChI=1S/C14H29N3OS/c1-12-6-3-4-9-17(12)10-5-8-16-14(18)13(15)7-11-19-2/h12-13H,3-11,15H2,1-2H3,(H,16,18)/t12?,13-/m1/s1. The molecule has 0 saturated carbocycles. The lowest BCUT2D eigenvalue weighted by atomic mass is 10.0.